The lowest BCUT2D eigenvalue weighted by Gasteiger charge is -1.95. The van der Waals surface area contributed by atoms with E-state index in [-0.39, 0.29) is 10.6 Å². The second-order valence-corrected chi connectivity index (χ2v) is 2.89. The molecule has 0 amide bonds. The molecule has 0 atom stereocenters. The molecule has 0 aromatic heterocycles. The summed E-state index contributed by atoms with van der Waals surface area (Å²) in [4.78, 5) is 9.12. The Kier molecular flexibility index (Phi) is 3.89. The number of halogens is 3. The molecule has 0 saturated heterocycles. The molecule has 1 aromatic rings. The number of nitro groups is 1. The average Bonchev–Trinajstić information content (AvgIpc) is 1.96. The van der Waals surface area contributed by atoms with Crippen LogP contribution in [0.1, 0.15) is 0 Å². The maximum atomic E-state index is 12.6. The van der Waals surface area contributed by atoms with E-state index < -0.39 is 22.2 Å². The molecule has 0 spiro atoms. The molecule has 0 aliphatic heterocycles. The van der Waals surface area contributed by atoms with E-state index >= 15 is 0 Å². The number of nitrogens with zero attached hydrogens (tertiary/aromatic N) is 1. The Hall–Kier alpha value is -1.08. The Morgan fingerprint density at radius 3 is 2.38 bits per heavy atom. The molecule has 1 rings (SSSR count). The average molecular weight is 255 g/mol. The molecule has 7 heteroatoms. The Balaban J connectivity index is 0.00000144. The molecule has 0 heterocycles. The van der Waals surface area contributed by atoms with E-state index in [4.69, 9.17) is 0 Å². The van der Waals surface area contributed by atoms with Gasteiger partial charge in [-0.2, -0.15) is 4.39 Å². The van der Waals surface area contributed by atoms with Crippen molar-refractivity contribution in [3.05, 3.63) is 38.4 Å². The lowest BCUT2D eigenvalue weighted by molar-refractivity contribution is -0.387. The third kappa shape index (κ3) is 2.43. The van der Waals surface area contributed by atoms with Crippen molar-refractivity contribution in [2.75, 3.05) is 0 Å². The summed E-state index contributed by atoms with van der Waals surface area (Å²) in [6.07, 6.45) is 0. The van der Waals surface area contributed by atoms with E-state index in [1.54, 1.807) is 0 Å². The van der Waals surface area contributed by atoms with Crippen molar-refractivity contribution < 1.29 is 13.7 Å². The third-order valence-electron chi connectivity index (χ3n) is 1.17. The molecule has 72 valence electrons. The summed E-state index contributed by atoms with van der Waals surface area (Å²) in [6.45, 7) is 0. The second-order valence-electron chi connectivity index (χ2n) is 1.98. The lowest BCUT2D eigenvalue weighted by Crippen LogP contribution is -1.95. The second kappa shape index (κ2) is 4.24. The number of hydrogen-bond acceptors (Lipinski definition) is 3. The third-order valence-corrected chi connectivity index (χ3v) is 1.63. The molecular weight excluding hydrogens is 250 g/mol. The zero-order chi connectivity index (χ0) is 9.30. The topological polar surface area (TPSA) is 78.1 Å². The van der Waals surface area contributed by atoms with Gasteiger partial charge in [-0.25, -0.2) is 4.39 Å². The molecule has 4 nitrogen and oxygen atoms in total. The van der Waals surface area contributed by atoms with Crippen LogP contribution in [0.5, 0.6) is 0 Å². The van der Waals surface area contributed by atoms with Crippen molar-refractivity contribution in [3.8, 4) is 0 Å². The van der Waals surface area contributed by atoms with Gasteiger partial charge in [-0.15, -0.1) is 0 Å². The first-order valence-electron chi connectivity index (χ1n) is 2.81. The first-order chi connectivity index (χ1) is 5.52. The monoisotopic (exact) mass is 254 g/mol. The summed E-state index contributed by atoms with van der Waals surface area (Å²) in [7, 11) is 0. The summed E-state index contributed by atoms with van der Waals surface area (Å²) in [5.74, 6) is -2.68. The lowest BCUT2D eigenvalue weighted by atomic mass is 10.3. The SMILES string of the molecule is N.O=[N+]([O-])c1cc(Br)cc(F)c1F. The maximum absolute atomic E-state index is 12.6. The minimum atomic E-state index is -1.44. The molecule has 0 aliphatic rings. The fraction of sp³-hybridized carbons (Fsp3) is 0. The highest BCUT2D eigenvalue weighted by Crippen LogP contribution is 2.24. The molecule has 13 heavy (non-hydrogen) atoms. The predicted molar refractivity (Wildman–Crippen MR) is 45.7 cm³/mol. The normalized spacial score (nSPS) is 9.15. The summed E-state index contributed by atoms with van der Waals surface area (Å²) in [5.41, 5.74) is -0.873. The van der Waals surface area contributed by atoms with Crippen LogP contribution in [0.25, 0.3) is 0 Å². The van der Waals surface area contributed by atoms with Crippen molar-refractivity contribution in [2.45, 2.75) is 0 Å². The van der Waals surface area contributed by atoms with E-state index in [0.717, 1.165) is 12.1 Å². The van der Waals surface area contributed by atoms with Crippen LogP contribution in [-0.4, -0.2) is 4.92 Å². The zero-order valence-corrected chi connectivity index (χ0v) is 7.85. The van der Waals surface area contributed by atoms with Crippen molar-refractivity contribution in [1.82, 2.24) is 6.15 Å². The van der Waals surface area contributed by atoms with E-state index in [1.165, 1.54) is 0 Å². The van der Waals surface area contributed by atoms with Crippen molar-refractivity contribution in [2.24, 2.45) is 0 Å². The van der Waals surface area contributed by atoms with Crippen LogP contribution in [0.15, 0.2) is 16.6 Å². The van der Waals surface area contributed by atoms with Gasteiger partial charge in [-0.1, -0.05) is 15.9 Å². The molecule has 0 saturated carbocycles. The summed E-state index contributed by atoms with van der Waals surface area (Å²) >= 11 is 2.80. The Labute approximate surface area is 80.4 Å². The zero-order valence-electron chi connectivity index (χ0n) is 6.26. The molecule has 0 radical (unpaired) electrons. The van der Waals surface area contributed by atoms with Gasteiger partial charge in [-0.3, -0.25) is 10.1 Å². The van der Waals surface area contributed by atoms with E-state index in [1.807, 2.05) is 0 Å². The van der Waals surface area contributed by atoms with E-state index in [9.17, 15) is 18.9 Å². The Morgan fingerprint density at radius 2 is 1.92 bits per heavy atom. The minimum absolute atomic E-state index is 0. The van der Waals surface area contributed by atoms with Crippen LogP contribution in [0.2, 0.25) is 0 Å². The van der Waals surface area contributed by atoms with Crippen LogP contribution >= 0.6 is 15.9 Å². The molecule has 1 aromatic carbocycles. The molecule has 0 unspecified atom stereocenters. The van der Waals surface area contributed by atoms with Crippen LogP contribution in [0.4, 0.5) is 14.5 Å². The smallest absolute Gasteiger partial charge is 0.308 e. The Bertz CT molecular complexity index is 346. The van der Waals surface area contributed by atoms with Gasteiger partial charge in [0.2, 0.25) is 5.82 Å². The predicted octanol–water partition coefficient (Wildman–Crippen LogP) is 2.80. The van der Waals surface area contributed by atoms with Gasteiger partial charge in [0.15, 0.2) is 5.82 Å². The first kappa shape index (κ1) is 11.9. The number of hydrogen-bond donors (Lipinski definition) is 1. The van der Waals surface area contributed by atoms with Gasteiger partial charge in [0.05, 0.1) is 4.92 Å². The van der Waals surface area contributed by atoms with E-state index in [2.05, 4.69) is 15.9 Å². The standard InChI is InChI=1S/C6H2BrF2NO2.H3N/c7-3-1-4(8)6(9)5(2-3)10(11)12;/h1-2H;1H3. The van der Waals surface area contributed by atoms with Crippen molar-refractivity contribution in [3.63, 3.8) is 0 Å². The van der Waals surface area contributed by atoms with Crippen molar-refractivity contribution >= 4 is 21.6 Å². The molecule has 3 N–H and O–H groups in total. The van der Waals surface area contributed by atoms with Crippen molar-refractivity contribution in [1.29, 1.82) is 0 Å². The molecular formula is C6H5BrF2N2O2. The van der Waals surface area contributed by atoms with Gasteiger partial charge in [-0.05, 0) is 6.07 Å². The molecule has 0 bridgehead atoms. The maximum Gasteiger partial charge on any atom is 0.308 e. The van der Waals surface area contributed by atoms with Gasteiger partial charge >= 0.3 is 5.69 Å². The van der Waals surface area contributed by atoms with Gasteiger partial charge in [0, 0.05) is 10.5 Å². The van der Waals surface area contributed by atoms with Gasteiger partial charge < -0.3 is 6.15 Å². The quantitative estimate of drug-likeness (QED) is 0.476. The first-order valence-corrected chi connectivity index (χ1v) is 3.60. The number of benzene rings is 1. The van der Waals surface area contributed by atoms with Gasteiger partial charge in [0.1, 0.15) is 0 Å². The largest absolute Gasteiger partial charge is 0.344 e. The highest BCUT2D eigenvalue weighted by atomic mass is 79.9. The fourth-order valence-electron chi connectivity index (χ4n) is 0.675. The Morgan fingerprint density at radius 1 is 1.38 bits per heavy atom. The summed E-state index contributed by atoms with van der Waals surface area (Å²) in [5, 5.41) is 10.1. The van der Waals surface area contributed by atoms with Crippen LogP contribution in [-0.2, 0) is 0 Å². The summed E-state index contributed by atoms with van der Waals surface area (Å²) in [6, 6.07) is 1.72. The molecule has 0 fully saturated rings. The highest BCUT2D eigenvalue weighted by molar-refractivity contribution is 9.10. The van der Waals surface area contributed by atoms with Gasteiger partial charge in [0.25, 0.3) is 0 Å². The number of rotatable bonds is 1. The van der Waals surface area contributed by atoms with Crippen LogP contribution in [0, 0.1) is 21.7 Å². The minimum Gasteiger partial charge on any atom is -0.344 e. The fourth-order valence-corrected chi connectivity index (χ4v) is 1.09. The highest BCUT2D eigenvalue weighted by Gasteiger charge is 2.18. The van der Waals surface area contributed by atoms with Crippen LogP contribution < -0.4 is 6.15 Å². The molecule has 0 aliphatic carbocycles. The van der Waals surface area contributed by atoms with Crippen LogP contribution in [0.3, 0.4) is 0 Å². The summed E-state index contributed by atoms with van der Waals surface area (Å²) < 4.78 is 25.2. The van der Waals surface area contributed by atoms with E-state index in [0.29, 0.717) is 0 Å². The number of nitro benzene ring substituents is 1.